The number of aromatic nitrogens is 2. The summed E-state index contributed by atoms with van der Waals surface area (Å²) >= 11 is 5.28. The molecule has 0 aliphatic heterocycles. The molecule has 8 heteroatoms. The van der Waals surface area contributed by atoms with Crippen LogP contribution >= 0.6 is 12.2 Å². The van der Waals surface area contributed by atoms with Gasteiger partial charge in [0.15, 0.2) is 4.77 Å². The molecule has 4 rings (SSSR count). The normalized spacial score (nSPS) is 14.4. The third kappa shape index (κ3) is 4.75. The van der Waals surface area contributed by atoms with E-state index in [4.69, 9.17) is 12.2 Å². The summed E-state index contributed by atoms with van der Waals surface area (Å²) in [4.78, 5) is 30.2. The third-order valence-electron chi connectivity index (χ3n) is 6.19. The van der Waals surface area contributed by atoms with E-state index in [2.05, 4.69) is 10.3 Å². The lowest BCUT2D eigenvalue weighted by molar-refractivity contribution is -0.116. The summed E-state index contributed by atoms with van der Waals surface area (Å²) in [5, 5.41) is 3.23. The standard InChI is InChI=1S/C24H27FN4O2S/c1-28(17-7-3-2-4-8-17)21-12-11-16(15-19(21)25)26-22(30)13-14-29-23(31)18-9-5-6-10-20(18)27-24(29)32/h5-6,9-12,15,17H,2-4,7-8,13-14H2,1H3,(H,26,30)(H,27,32). The molecule has 1 aliphatic rings. The van der Waals surface area contributed by atoms with Gasteiger partial charge in [0.25, 0.3) is 5.56 Å². The molecule has 2 N–H and O–H groups in total. The van der Waals surface area contributed by atoms with Crippen LogP contribution in [0.1, 0.15) is 38.5 Å². The van der Waals surface area contributed by atoms with Crippen molar-refractivity contribution in [3.8, 4) is 0 Å². The van der Waals surface area contributed by atoms with Gasteiger partial charge in [0.1, 0.15) is 5.82 Å². The Hall–Kier alpha value is -3.00. The van der Waals surface area contributed by atoms with Gasteiger partial charge in [-0.3, -0.25) is 14.2 Å². The van der Waals surface area contributed by atoms with Gasteiger partial charge in [-0.2, -0.15) is 0 Å². The summed E-state index contributed by atoms with van der Waals surface area (Å²) in [6, 6.07) is 12.2. The molecule has 0 bridgehead atoms. The molecule has 1 saturated carbocycles. The van der Waals surface area contributed by atoms with E-state index in [1.54, 1.807) is 30.3 Å². The number of aromatic amines is 1. The van der Waals surface area contributed by atoms with Crippen molar-refractivity contribution >= 4 is 40.4 Å². The van der Waals surface area contributed by atoms with Crippen LogP contribution in [0.3, 0.4) is 0 Å². The lowest BCUT2D eigenvalue weighted by atomic mass is 9.94. The quantitative estimate of drug-likeness (QED) is 0.515. The first-order chi connectivity index (χ1) is 15.4. The summed E-state index contributed by atoms with van der Waals surface area (Å²) in [6.07, 6.45) is 5.79. The maximum absolute atomic E-state index is 14.8. The zero-order chi connectivity index (χ0) is 22.7. The van der Waals surface area contributed by atoms with Gasteiger partial charge in [-0.25, -0.2) is 4.39 Å². The van der Waals surface area contributed by atoms with Crippen molar-refractivity contribution in [3.63, 3.8) is 0 Å². The highest BCUT2D eigenvalue weighted by Gasteiger charge is 2.20. The number of amides is 1. The van der Waals surface area contributed by atoms with E-state index in [0.717, 1.165) is 12.8 Å². The van der Waals surface area contributed by atoms with Crippen LogP contribution < -0.4 is 15.8 Å². The number of hydrogen-bond acceptors (Lipinski definition) is 4. The van der Waals surface area contributed by atoms with E-state index in [-0.39, 0.29) is 35.0 Å². The van der Waals surface area contributed by atoms with Gasteiger partial charge in [0.2, 0.25) is 5.91 Å². The number of benzene rings is 2. The Bertz CT molecular complexity index is 1250. The molecule has 0 atom stereocenters. The zero-order valence-electron chi connectivity index (χ0n) is 18.1. The molecule has 1 heterocycles. The minimum absolute atomic E-state index is 0.0427. The van der Waals surface area contributed by atoms with Crippen LogP contribution in [0, 0.1) is 10.6 Å². The fourth-order valence-electron chi connectivity index (χ4n) is 4.37. The monoisotopic (exact) mass is 454 g/mol. The highest BCUT2D eigenvalue weighted by Crippen LogP contribution is 2.29. The number of nitrogens with one attached hydrogen (secondary N) is 2. The van der Waals surface area contributed by atoms with E-state index in [1.807, 2.05) is 18.0 Å². The van der Waals surface area contributed by atoms with Crippen LogP contribution in [0.4, 0.5) is 15.8 Å². The van der Waals surface area contributed by atoms with Gasteiger partial charge >= 0.3 is 0 Å². The van der Waals surface area contributed by atoms with Gasteiger partial charge in [-0.05, 0) is 55.4 Å². The van der Waals surface area contributed by atoms with E-state index >= 15 is 0 Å². The molecule has 32 heavy (non-hydrogen) atoms. The number of fused-ring (bicyclic) bond motifs is 1. The molecule has 1 fully saturated rings. The maximum atomic E-state index is 14.8. The molecule has 1 amide bonds. The van der Waals surface area contributed by atoms with Gasteiger partial charge in [0, 0.05) is 31.7 Å². The molecule has 2 aromatic carbocycles. The van der Waals surface area contributed by atoms with E-state index in [1.165, 1.54) is 29.9 Å². The van der Waals surface area contributed by atoms with E-state index in [9.17, 15) is 14.0 Å². The average molecular weight is 455 g/mol. The molecule has 1 aromatic heterocycles. The number of rotatable bonds is 6. The Morgan fingerprint density at radius 3 is 2.72 bits per heavy atom. The van der Waals surface area contributed by atoms with Gasteiger partial charge in [-0.1, -0.05) is 31.4 Å². The molecule has 0 spiro atoms. The molecular weight excluding hydrogens is 427 g/mol. The smallest absolute Gasteiger partial charge is 0.262 e. The number of carbonyl (C=O) groups excluding carboxylic acids is 1. The minimum atomic E-state index is -0.357. The summed E-state index contributed by atoms with van der Waals surface area (Å²) in [5.74, 6) is -0.670. The largest absolute Gasteiger partial charge is 0.369 e. The van der Waals surface area contributed by atoms with Crippen molar-refractivity contribution in [1.82, 2.24) is 9.55 Å². The fraction of sp³-hybridized carbons (Fsp3) is 0.375. The van der Waals surface area contributed by atoms with Crippen LogP contribution in [0.15, 0.2) is 47.3 Å². The van der Waals surface area contributed by atoms with Gasteiger partial charge < -0.3 is 15.2 Å². The predicted molar refractivity (Wildman–Crippen MR) is 128 cm³/mol. The van der Waals surface area contributed by atoms with Crippen molar-refractivity contribution in [3.05, 3.63) is 63.4 Å². The van der Waals surface area contributed by atoms with E-state index < -0.39 is 0 Å². The fourth-order valence-corrected chi connectivity index (χ4v) is 4.66. The SMILES string of the molecule is CN(c1ccc(NC(=O)CCn2c(=S)[nH]c3ccccc3c2=O)cc1F)C1CCCCC1. The lowest BCUT2D eigenvalue weighted by Crippen LogP contribution is -2.33. The Kier molecular flexibility index (Phi) is 6.69. The summed E-state index contributed by atoms with van der Waals surface area (Å²) in [5.41, 5.74) is 1.36. The van der Waals surface area contributed by atoms with Crippen LogP contribution in [-0.2, 0) is 11.3 Å². The lowest BCUT2D eigenvalue weighted by Gasteiger charge is -2.33. The second-order valence-electron chi connectivity index (χ2n) is 8.30. The van der Waals surface area contributed by atoms with Crippen LogP contribution in [0.2, 0.25) is 0 Å². The average Bonchev–Trinajstić information content (AvgIpc) is 2.79. The third-order valence-corrected chi connectivity index (χ3v) is 6.51. The number of anilines is 2. The number of halogens is 1. The number of nitrogens with zero attached hydrogens (tertiary/aromatic N) is 2. The van der Waals surface area contributed by atoms with Crippen molar-refractivity contribution in [2.45, 2.75) is 51.1 Å². The Balaban J connectivity index is 1.41. The highest BCUT2D eigenvalue weighted by molar-refractivity contribution is 7.71. The first kappa shape index (κ1) is 22.2. The van der Waals surface area contributed by atoms with Crippen LogP contribution in [0.5, 0.6) is 0 Å². The molecule has 0 saturated heterocycles. The number of carbonyl (C=O) groups is 1. The first-order valence-electron chi connectivity index (χ1n) is 11.0. The summed E-state index contributed by atoms with van der Waals surface area (Å²) < 4.78 is 16.4. The second kappa shape index (κ2) is 9.65. The Morgan fingerprint density at radius 2 is 1.97 bits per heavy atom. The maximum Gasteiger partial charge on any atom is 0.262 e. The molecule has 168 valence electrons. The Labute approximate surface area is 191 Å². The van der Waals surface area contributed by atoms with Crippen LogP contribution in [-0.4, -0.2) is 28.5 Å². The molecule has 0 radical (unpaired) electrons. The van der Waals surface area contributed by atoms with Crippen LogP contribution in [0.25, 0.3) is 10.9 Å². The molecule has 3 aromatic rings. The molecule has 6 nitrogen and oxygen atoms in total. The van der Waals surface area contributed by atoms with Gasteiger partial charge in [-0.15, -0.1) is 0 Å². The second-order valence-corrected chi connectivity index (χ2v) is 8.69. The summed E-state index contributed by atoms with van der Waals surface area (Å²) in [6.45, 7) is 0.135. The minimum Gasteiger partial charge on any atom is -0.369 e. The van der Waals surface area contributed by atoms with Crippen molar-refractivity contribution in [2.24, 2.45) is 0 Å². The predicted octanol–water partition coefficient (Wildman–Crippen LogP) is 5.00. The van der Waals surface area contributed by atoms with Crippen molar-refractivity contribution in [2.75, 3.05) is 17.3 Å². The Morgan fingerprint density at radius 1 is 1.22 bits per heavy atom. The molecule has 1 aliphatic carbocycles. The zero-order valence-corrected chi connectivity index (χ0v) is 18.9. The summed E-state index contributed by atoms with van der Waals surface area (Å²) in [7, 11) is 1.93. The highest BCUT2D eigenvalue weighted by atomic mass is 32.1. The van der Waals surface area contributed by atoms with Crippen molar-refractivity contribution < 1.29 is 9.18 Å². The first-order valence-corrected chi connectivity index (χ1v) is 11.4. The van der Waals surface area contributed by atoms with Crippen molar-refractivity contribution in [1.29, 1.82) is 0 Å². The number of hydrogen-bond donors (Lipinski definition) is 2. The number of para-hydroxylation sites is 1. The topological polar surface area (TPSA) is 70.1 Å². The molecule has 0 unspecified atom stereocenters. The number of H-pyrrole nitrogens is 1. The van der Waals surface area contributed by atoms with E-state index in [0.29, 0.717) is 28.3 Å². The van der Waals surface area contributed by atoms with Gasteiger partial charge in [0.05, 0.1) is 16.6 Å². The molecular formula is C24H27FN4O2S.